The van der Waals surface area contributed by atoms with E-state index in [-0.39, 0.29) is 0 Å². The SMILES string of the molecule is CNc1nc(NCC(C)(O)CC(C)C)c(Cl)cc1Cl. The van der Waals surface area contributed by atoms with Crippen molar-refractivity contribution in [3.8, 4) is 0 Å². The predicted octanol–water partition coefficient (Wildman–Crippen LogP) is 3.64. The van der Waals surface area contributed by atoms with Gasteiger partial charge in [0.25, 0.3) is 0 Å². The largest absolute Gasteiger partial charge is 0.388 e. The number of anilines is 2. The molecule has 0 amide bonds. The van der Waals surface area contributed by atoms with Crippen LogP contribution in [0.4, 0.5) is 11.6 Å². The van der Waals surface area contributed by atoms with Crippen LogP contribution in [0.3, 0.4) is 0 Å². The van der Waals surface area contributed by atoms with E-state index in [1.165, 1.54) is 0 Å². The summed E-state index contributed by atoms with van der Waals surface area (Å²) in [4.78, 5) is 4.28. The Morgan fingerprint density at radius 3 is 2.42 bits per heavy atom. The molecule has 0 spiro atoms. The van der Waals surface area contributed by atoms with E-state index in [0.717, 1.165) is 0 Å². The van der Waals surface area contributed by atoms with Crippen molar-refractivity contribution in [3.05, 3.63) is 16.1 Å². The first kappa shape index (κ1) is 16.3. The van der Waals surface area contributed by atoms with Gasteiger partial charge in [-0.15, -0.1) is 0 Å². The number of halogens is 2. The fourth-order valence-electron chi connectivity index (χ4n) is 1.99. The lowest BCUT2D eigenvalue weighted by atomic mass is 9.94. The average molecular weight is 306 g/mol. The Kier molecular flexibility index (Phi) is 5.71. The second-order valence-corrected chi connectivity index (χ2v) is 6.16. The molecule has 0 aliphatic heterocycles. The van der Waals surface area contributed by atoms with Gasteiger partial charge in [0.05, 0.1) is 15.6 Å². The monoisotopic (exact) mass is 305 g/mol. The Morgan fingerprint density at radius 2 is 1.89 bits per heavy atom. The lowest BCUT2D eigenvalue weighted by Gasteiger charge is -2.26. The molecule has 0 aliphatic rings. The molecule has 3 N–H and O–H groups in total. The van der Waals surface area contributed by atoms with Gasteiger partial charge in [-0.05, 0) is 25.3 Å². The van der Waals surface area contributed by atoms with Crippen molar-refractivity contribution in [2.45, 2.75) is 32.8 Å². The molecule has 0 saturated carbocycles. The van der Waals surface area contributed by atoms with E-state index in [0.29, 0.717) is 40.6 Å². The summed E-state index contributed by atoms with van der Waals surface area (Å²) in [6.45, 7) is 6.31. The summed E-state index contributed by atoms with van der Waals surface area (Å²) < 4.78 is 0. The van der Waals surface area contributed by atoms with Crippen LogP contribution >= 0.6 is 23.2 Å². The Morgan fingerprint density at radius 1 is 1.32 bits per heavy atom. The smallest absolute Gasteiger partial charge is 0.147 e. The van der Waals surface area contributed by atoms with E-state index in [1.807, 2.05) is 0 Å². The number of pyridine rings is 1. The topological polar surface area (TPSA) is 57.2 Å². The number of aromatic nitrogens is 1. The van der Waals surface area contributed by atoms with Crippen LogP contribution in [0, 0.1) is 5.92 Å². The lowest BCUT2D eigenvalue weighted by molar-refractivity contribution is 0.0515. The Balaban J connectivity index is 2.77. The molecule has 0 bridgehead atoms. The zero-order valence-electron chi connectivity index (χ0n) is 11.7. The van der Waals surface area contributed by atoms with E-state index in [2.05, 4.69) is 29.5 Å². The van der Waals surface area contributed by atoms with Gasteiger partial charge in [0.2, 0.25) is 0 Å². The molecule has 6 heteroatoms. The van der Waals surface area contributed by atoms with E-state index in [1.54, 1.807) is 20.0 Å². The molecule has 0 aliphatic carbocycles. The lowest BCUT2D eigenvalue weighted by Crippen LogP contribution is -2.35. The van der Waals surface area contributed by atoms with Crippen molar-refractivity contribution in [1.82, 2.24) is 4.98 Å². The maximum atomic E-state index is 10.2. The number of hydrogen-bond donors (Lipinski definition) is 3. The van der Waals surface area contributed by atoms with Gasteiger partial charge in [-0.2, -0.15) is 0 Å². The molecule has 0 aromatic carbocycles. The van der Waals surface area contributed by atoms with Gasteiger partial charge >= 0.3 is 0 Å². The maximum absolute atomic E-state index is 10.2. The zero-order chi connectivity index (χ0) is 14.6. The Bertz CT molecular complexity index is 436. The van der Waals surface area contributed by atoms with Gasteiger partial charge in [-0.1, -0.05) is 37.0 Å². The summed E-state index contributed by atoms with van der Waals surface area (Å²) in [6.07, 6.45) is 0.699. The van der Waals surface area contributed by atoms with Crippen LogP contribution < -0.4 is 10.6 Å². The van der Waals surface area contributed by atoms with E-state index in [4.69, 9.17) is 23.2 Å². The highest BCUT2D eigenvalue weighted by atomic mass is 35.5. The molecule has 0 radical (unpaired) electrons. The minimum atomic E-state index is -0.807. The summed E-state index contributed by atoms with van der Waals surface area (Å²) >= 11 is 12.0. The molecule has 4 nitrogen and oxygen atoms in total. The molecule has 1 aromatic rings. The highest BCUT2D eigenvalue weighted by Gasteiger charge is 2.22. The predicted molar refractivity (Wildman–Crippen MR) is 82.4 cm³/mol. The number of rotatable bonds is 6. The normalized spacial score (nSPS) is 14.3. The Hall–Kier alpha value is -0.710. The zero-order valence-corrected chi connectivity index (χ0v) is 13.2. The molecule has 1 aromatic heterocycles. The van der Waals surface area contributed by atoms with Gasteiger partial charge in [-0.25, -0.2) is 4.98 Å². The van der Waals surface area contributed by atoms with Crippen molar-refractivity contribution in [2.24, 2.45) is 5.92 Å². The number of aliphatic hydroxyl groups is 1. The van der Waals surface area contributed by atoms with Crippen LogP contribution in [0.2, 0.25) is 10.0 Å². The van der Waals surface area contributed by atoms with Crippen LogP contribution in [0.5, 0.6) is 0 Å². The van der Waals surface area contributed by atoms with Crippen LogP contribution in [-0.2, 0) is 0 Å². The fourth-order valence-corrected chi connectivity index (χ4v) is 2.51. The van der Waals surface area contributed by atoms with E-state index < -0.39 is 5.60 Å². The van der Waals surface area contributed by atoms with Crippen LogP contribution in [-0.4, -0.2) is 29.3 Å². The Labute approximate surface area is 124 Å². The van der Waals surface area contributed by atoms with Crippen molar-refractivity contribution >= 4 is 34.8 Å². The van der Waals surface area contributed by atoms with Crippen LogP contribution in [0.15, 0.2) is 6.07 Å². The quantitative estimate of drug-likeness (QED) is 0.751. The minimum Gasteiger partial charge on any atom is -0.388 e. The van der Waals surface area contributed by atoms with Crippen molar-refractivity contribution < 1.29 is 5.11 Å². The van der Waals surface area contributed by atoms with Crippen LogP contribution in [0.1, 0.15) is 27.2 Å². The second-order valence-electron chi connectivity index (χ2n) is 5.35. The highest BCUT2D eigenvalue weighted by molar-refractivity contribution is 6.37. The van der Waals surface area contributed by atoms with Gasteiger partial charge in [-0.3, -0.25) is 0 Å². The summed E-state index contributed by atoms with van der Waals surface area (Å²) in [5, 5.41) is 17.1. The standard InChI is InChI=1S/C13H21Cl2N3O/c1-8(2)6-13(3,19)7-17-12-10(15)5-9(14)11(16-4)18-12/h5,8,19H,6-7H2,1-4H3,(H2,16,17,18). The number of hydrogen-bond acceptors (Lipinski definition) is 4. The summed E-state index contributed by atoms with van der Waals surface area (Å²) in [6, 6.07) is 1.63. The number of nitrogens with zero attached hydrogens (tertiary/aromatic N) is 1. The van der Waals surface area contributed by atoms with Gasteiger partial charge < -0.3 is 15.7 Å². The van der Waals surface area contributed by atoms with Crippen molar-refractivity contribution in [3.63, 3.8) is 0 Å². The van der Waals surface area contributed by atoms with E-state index in [9.17, 15) is 5.11 Å². The van der Waals surface area contributed by atoms with Gasteiger partial charge in [0.1, 0.15) is 11.6 Å². The van der Waals surface area contributed by atoms with Crippen molar-refractivity contribution in [2.75, 3.05) is 24.2 Å². The molecule has 0 fully saturated rings. The summed E-state index contributed by atoms with van der Waals surface area (Å²) in [5.74, 6) is 1.48. The molecule has 108 valence electrons. The second kappa shape index (κ2) is 6.64. The molecule has 1 atom stereocenters. The molecule has 0 saturated heterocycles. The molecule has 1 heterocycles. The first-order valence-electron chi connectivity index (χ1n) is 6.25. The molecular formula is C13H21Cl2N3O. The third-order valence-corrected chi connectivity index (χ3v) is 3.23. The summed E-state index contributed by atoms with van der Waals surface area (Å²) in [7, 11) is 1.74. The molecule has 19 heavy (non-hydrogen) atoms. The highest BCUT2D eigenvalue weighted by Crippen LogP contribution is 2.29. The first-order valence-corrected chi connectivity index (χ1v) is 7.01. The molecule has 1 unspecified atom stereocenters. The van der Waals surface area contributed by atoms with Gasteiger partial charge in [0, 0.05) is 13.6 Å². The molecule has 1 rings (SSSR count). The maximum Gasteiger partial charge on any atom is 0.147 e. The fraction of sp³-hybridized carbons (Fsp3) is 0.615. The van der Waals surface area contributed by atoms with Crippen LogP contribution in [0.25, 0.3) is 0 Å². The third kappa shape index (κ3) is 5.05. The van der Waals surface area contributed by atoms with Crippen molar-refractivity contribution in [1.29, 1.82) is 0 Å². The first-order chi connectivity index (χ1) is 8.75. The minimum absolute atomic E-state index is 0.378. The molecular weight excluding hydrogens is 285 g/mol. The third-order valence-electron chi connectivity index (χ3n) is 2.65. The summed E-state index contributed by atoms with van der Waals surface area (Å²) in [5.41, 5.74) is -0.807. The van der Waals surface area contributed by atoms with E-state index >= 15 is 0 Å². The number of nitrogens with one attached hydrogen (secondary N) is 2. The van der Waals surface area contributed by atoms with Gasteiger partial charge in [0.15, 0.2) is 0 Å². The average Bonchev–Trinajstić information content (AvgIpc) is 2.26.